The van der Waals surface area contributed by atoms with Gasteiger partial charge in [-0.15, -0.1) is 11.8 Å². The van der Waals surface area contributed by atoms with E-state index in [0.29, 0.717) is 11.1 Å². The number of aryl methyl sites for hydroxylation is 1. The van der Waals surface area contributed by atoms with E-state index in [1.54, 1.807) is 24.3 Å². The van der Waals surface area contributed by atoms with Gasteiger partial charge >= 0.3 is 6.18 Å². The molecule has 2 heterocycles. The van der Waals surface area contributed by atoms with Gasteiger partial charge in [-0.1, -0.05) is 12.1 Å². The molecule has 0 spiro atoms. The first kappa shape index (κ1) is 18.2. The van der Waals surface area contributed by atoms with Crippen molar-refractivity contribution < 1.29 is 27.6 Å². The summed E-state index contributed by atoms with van der Waals surface area (Å²) in [5.41, 5.74) is -1.20. The highest BCUT2D eigenvalue weighted by Crippen LogP contribution is 2.35. The molecule has 6 nitrogen and oxygen atoms in total. The SMILES string of the molecule is Cn1nc(C(F)(F)F)c(C=O)c1SCCN1C(=O)c2ccccc2C1=O. The predicted molar refractivity (Wildman–Crippen MR) is 86.1 cm³/mol. The van der Waals surface area contributed by atoms with Gasteiger partial charge in [-0.2, -0.15) is 18.3 Å². The second kappa shape index (κ2) is 6.60. The zero-order chi connectivity index (χ0) is 19.1. The maximum absolute atomic E-state index is 12.9. The van der Waals surface area contributed by atoms with Gasteiger partial charge in [-0.05, 0) is 12.1 Å². The molecule has 0 bridgehead atoms. The molecule has 10 heteroatoms. The highest BCUT2D eigenvalue weighted by molar-refractivity contribution is 7.99. The quantitative estimate of drug-likeness (QED) is 0.451. The van der Waals surface area contributed by atoms with Crippen LogP contribution in [0, 0.1) is 0 Å². The first-order valence-electron chi connectivity index (χ1n) is 7.43. The molecule has 2 amide bonds. The van der Waals surface area contributed by atoms with Crippen LogP contribution in [-0.4, -0.2) is 45.1 Å². The monoisotopic (exact) mass is 383 g/mol. The van der Waals surface area contributed by atoms with Crippen LogP contribution < -0.4 is 0 Å². The number of amides is 2. The Kier molecular flexibility index (Phi) is 4.61. The second-order valence-electron chi connectivity index (χ2n) is 5.46. The molecule has 1 aliphatic rings. The fourth-order valence-corrected chi connectivity index (χ4v) is 3.68. The molecule has 0 atom stereocenters. The van der Waals surface area contributed by atoms with Crippen LogP contribution in [0.2, 0.25) is 0 Å². The van der Waals surface area contributed by atoms with Gasteiger partial charge in [0.2, 0.25) is 0 Å². The van der Waals surface area contributed by atoms with Crippen LogP contribution in [0.1, 0.15) is 36.8 Å². The predicted octanol–water partition coefficient (Wildman–Crippen LogP) is 2.64. The van der Waals surface area contributed by atoms with Crippen molar-refractivity contribution in [3.05, 3.63) is 46.6 Å². The number of aromatic nitrogens is 2. The zero-order valence-electron chi connectivity index (χ0n) is 13.4. The van der Waals surface area contributed by atoms with Crippen molar-refractivity contribution in [1.29, 1.82) is 0 Å². The van der Waals surface area contributed by atoms with E-state index in [4.69, 9.17) is 0 Å². The van der Waals surface area contributed by atoms with Gasteiger partial charge in [0.1, 0.15) is 5.03 Å². The van der Waals surface area contributed by atoms with Crippen molar-refractivity contribution in [2.45, 2.75) is 11.2 Å². The molecule has 2 aromatic rings. The molecule has 26 heavy (non-hydrogen) atoms. The van der Waals surface area contributed by atoms with E-state index in [2.05, 4.69) is 5.10 Å². The summed E-state index contributed by atoms with van der Waals surface area (Å²) in [6, 6.07) is 6.38. The van der Waals surface area contributed by atoms with Crippen LogP contribution in [-0.2, 0) is 13.2 Å². The Hall–Kier alpha value is -2.62. The standard InChI is InChI=1S/C16H12F3N3O3S/c1-21-15(11(8-23)12(20-21)16(17,18)19)26-7-6-22-13(24)9-4-2-3-5-10(9)14(22)25/h2-5,8H,6-7H2,1H3. The van der Waals surface area contributed by atoms with Crippen LogP contribution in [0.3, 0.4) is 0 Å². The summed E-state index contributed by atoms with van der Waals surface area (Å²) in [7, 11) is 1.30. The van der Waals surface area contributed by atoms with E-state index >= 15 is 0 Å². The fourth-order valence-electron chi connectivity index (χ4n) is 2.69. The number of rotatable bonds is 5. The molecule has 1 aromatic carbocycles. The van der Waals surface area contributed by atoms with Crippen molar-refractivity contribution in [3.8, 4) is 0 Å². The number of nitrogens with zero attached hydrogens (tertiary/aromatic N) is 3. The topological polar surface area (TPSA) is 72.3 Å². The van der Waals surface area contributed by atoms with Crippen molar-refractivity contribution in [3.63, 3.8) is 0 Å². The molecule has 0 unspecified atom stereocenters. The molecule has 0 saturated carbocycles. The highest BCUT2D eigenvalue weighted by atomic mass is 32.2. The summed E-state index contributed by atoms with van der Waals surface area (Å²) in [5.74, 6) is -0.756. The third kappa shape index (κ3) is 3.00. The Morgan fingerprint density at radius 2 is 1.73 bits per heavy atom. The van der Waals surface area contributed by atoms with Crippen molar-refractivity contribution in [2.24, 2.45) is 7.05 Å². The Bertz CT molecular complexity index is 873. The number of imide groups is 1. The largest absolute Gasteiger partial charge is 0.435 e. The lowest BCUT2D eigenvalue weighted by Gasteiger charge is -2.13. The minimum Gasteiger partial charge on any atom is -0.298 e. The molecular weight excluding hydrogens is 371 g/mol. The first-order valence-corrected chi connectivity index (χ1v) is 8.41. The van der Waals surface area contributed by atoms with Crippen molar-refractivity contribution in [1.82, 2.24) is 14.7 Å². The third-order valence-corrected chi connectivity index (χ3v) is 4.99. The van der Waals surface area contributed by atoms with Crippen LogP contribution in [0.5, 0.6) is 0 Å². The maximum Gasteiger partial charge on any atom is 0.435 e. The molecule has 0 aliphatic carbocycles. The summed E-state index contributed by atoms with van der Waals surface area (Å²) in [6.45, 7) is 0.00183. The van der Waals surface area contributed by atoms with Gasteiger partial charge in [-0.25, -0.2) is 0 Å². The molecule has 0 fully saturated rings. The Morgan fingerprint density at radius 1 is 1.15 bits per heavy atom. The summed E-state index contributed by atoms with van der Waals surface area (Å²) in [6.07, 6.45) is -4.63. The van der Waals surface area contributed by atoms with Gasteiger partial charge in [0, 0.05) is 19.3 Å². The molecule has 1 aromatic heterocycles. The number of benzene rings is 1. The van der Waals surface area contributed by atoms with Crippen LogP contribution in [0.25, 0.3) is 0 Å². The third-order valence-electron chi connectivity index (χ3n) is 3.85. The highest BCUT2D eigenvalue weighted by Gasteiger charge is 2.39. The van der Waals surface area contributed by atoms with Crippen molar-refractivity contribution >= 4 is 29.9 Å². The molecule has 0 radical (unpaired) electrons. The number of carbonyl (C=O) groups excluding carboxylic acids is 3. The van der Waals surface area contributed by atoms with Gasteiger partial charge in [0.05, 0.1) is 16.7 Å². The summed E-state index contributed by atoms with van der Waals surface area (Å²) in [5, 5.41) is 3.39. The van der Waals surface area contributed by atoms with Gasteiger partial charge in [-0.3, -0.25) is 24.0 Å². The lowest BCUT2D eigenvalue weighted by molar-refractivity contribution is -0.141. The van der Waals surface area contributed by atoms with Crippen LogP contribution in [0.15, 0.2) is 29.3 Å². The van der Waals surface area contributed by atoms with Gasteiger partial charge < -0.3 is 0 Å². The molecular formula is C16H12F3N3O3S. The van der Waals surface area contributed by atoms with E-state index in [1.165, 1.54) is 7.05 Å². The van der Waals surface area contributed by atoms with E-state index in [-0.39, 0.29) is 23.6 Å². The Balaban J connectivity index is 1.74. The Morgan fingerprint density at radius 3 is 2.23 bits per heavy atom. The Labute approximate surface area is 150 Å². The van der Waals surface area contributed by atoms with E-state index in [1.807, 2.05) is 0 Å². The normalized spacial score (nSPS) is 14.1. The van der Waals surface area contributed by atoms with Crippen molar-refractivity contribution in [2.75, 3.05) is 12.3 Å². The lowest BCUT2D eigenvalue weighted by Crippen LogP contribution is -2.31. The number of carbonyl (C=O) groups is 3. The lowest BCUT2D eigenvalue weighted by atomic mass is 10.1. The second-order valence-corrected chi connectivity index (χ2v) is 6.55. The number of alkyl halides is 3. The van der Waals surface area contributed by atoms with Gasteiger partial charge in [0.15, 0.2) is 12.0 Å². The number of hydrogen-bond acceptors (Lipinski definition) is 5. The maximum atomic E-state index is 12.9. The number of halogens is 3. The van der Waals surface area contributed by atoms with E-state index < -0.39 is 29.2 Å². The first-order chi connectivity index (χ1) is 12.3. The van der Waals surface area contributed by atoms with Gasteiger partial charge in [0.25, 0.3) is 11.8 Å². The summed E-state index contributed by atoms with van der Waals surface area (Å²) in [4.78, 5) is 36.6. The number of fused-ring (bicyclic) bond motifs is 1. The average molecular weight is 383 g/mol. The fraction of sp³-hybridized carbons (Fsp3) is 0.250. The zero-order valence-corrected chi connectivity index (χ0v) is 14.2. The minimum absolute atomic E-state index is 0.00183. The molecule has 136 valence electrons. The van der Waals surface area contributed by atoms with Crippen LogP contribution in [0.4, 0.5) is 13.2 Å². The van der Waals surface area contributed by atoms with E-state index in [0.717, 1.165) is 21.3 Å². The molecule has 0 N–H and O–H groups in total. The van der Waals surface area contributed by atoms with Crippen LogP contribution >= 0.6 is 11.8 Å². The minimum atomic E-state index is -4.74. The number of hydrogen-bond donors (Lipinski definition) is 0. The average Bonchev–Trinajstić information content (AvgIpc) is 3.05. The number of aldehydes is 1. The smallest absolute Gasteiger partial charge is 0.298 e. The molecule has 3 rings (SSSR count). The number of thioether (sulfide) groups is 1. The van der Waals surface area contributed by atoms with E-state index in [9.17, 15) is 27.6 Å². The summed E-state index contributed by atoms with van der Waals surface area (Å²) >= 11 is 0.928. The molecule has 0 saturated heterocycles. The summed E-state index contributed by atoms with van der Waals surface area (Å²) < 4.78 is 39.7. The molecule has 1 aliphatic heterocycles.